The highest BCUT2D eigenvalue weighted by Gasteiger charge is 2.26. The molecule has 1 heterocycles. The van der Waals surface area contributed by atoms with Gasteiger partial charge in [0, 0.05) is 19.1 Å². The maximum Gasteiger partial charge on any atom is 0.240 e. The van der Waals surface area contributed by atoms with Crippen LogP contribution >= 0.6 is 11.6 Å². The molecule has 0 saturated carbocycles. The Morgan fingerprint density at radius 2 is 2.00 bits per heavy atom. The van der Waals surface area contributed by atoms with Crippen LogP contribution in [0.1, 0.15) is 24.4 Å². The minimum Gasteiger partial charge on any atom is -0.497 e. The highest BCUT2D eigenvalue weighted by molar-refractivity contribution is 7.89. The molecule has 1 aliphatic rings. The standard InChI is InChI=1S/C19H22ClFN2O3S/c1-26-15-6-4-14(5-7-15)19-3-2-11-23(19)12-10-22-27(24,25)16-8-9-18(21)17(20)13-16/h4-9,13,19,22H,2-3,10-12H2,1H3. The van der Waals surface area contributed by atoms with E-state index < -0.39 is 15.8 Å². The summed E-state index contributed by atoms with van der Waals surface area (Å²) >= 11 is 5.68. The van der Waals surface area contributed by atoms with Crippen molar-refractivity contribution < 1.29 is 17.5 Å². The van der Waals surface area contributed by atoms with Crippen molar-refractivity contribution in [3.05, 3.63) is 58.9 Å². The van der Waals surface area contributed by atoms with Gasteiger partial charge >= 0.3 is 0 Å². The number of sulfonamides is 1. The maximum absolute atomic E-state index is 13.2. The summed E-state index contributed by atoms with van der Waals surface area (Å²) in [5.41, 5.74) is 1.20. The van der Waals surface area contributed by atoms with Crippen molar-refractivity contribution in [1.82, 2.24) is 9.62 Å². The molecule has 1 saturated heterocycles. The van der Waals surface area contributed by atoms with E-state index in [9.17, 15) is 12.8 Å². The number of ether oxygens (including phenoxy) is 1. The largest absolute Gasteiger partial charge is 0.497 e. The fourth-order valence-electron chi connectivity index (χ4n) is 3.35. The van der Waals surface area contributed by atoms with E-state index in [1.54, 1.807) is 7.11 Å². The van der Waals surface area contributed by atoms with Gasteiger partial charge in [0.2, 0.25) is 10.0 Å². The van der Waals surface area contributed by atoms with Crippen molar-refractivity contribution in [2.45, 2.75) is 23.8 Å². The van der Waals surface area contributed by atoms with Gasteiger partial charge in [0.1, 0.15) is 11.6 Å². The van der Waals surface area contributed by atoms with Gasteiger partial charge < -0.3 is 4.74 Å². The Hall–Kier alpha value is -1.67. The zero-order chi connectivity index (χ0) is 19.4. The fraction of sp³-hybridized carbons (Fsp3) is 0.368. The Balaban J connectivity index is 1.60. The van der Waals surface area contributed by atoms with Crippen molar-refractivity contribution >= 4 is 21.6 Å². The van der Waals surface area contributed by atoms with Crippen LogP contribution in [0.3, 0.4) is 0 Å². The molecule has 2 aromatic rings. The second-order valence-corrected chi connectivity index (χ2v) is 8.61. The van der Waals surface area contributed by atoms with Gasteiger partial charge in [0.25, 0.3) is 0 Å². The molecular formula is C19H22ClFN2O3S. The number of halogens is 2. The molecule has 3 rings (SSSR count). The van der Waals surface area contributed by atoms with Gasteiger partial charge in [-0.3, -0.25) is 4.90 Å². The first kappa shape index (κ1) is 20.1. The smallest absolute Gasteiger partial charge is 0.240 e. The van der Waals surface area contributed by atoms with Gasteiger partial charge in [-0.2, -0.15) is 0 Å². The Morgan fingerprint density at radius 3 is 2.67 bits per heavy atom. The molecule has 0 amide bonds. The topological polar surface area (TPSA) is 58.6 Å². The summed E-state index contributed by atoms with van der Waals surface area (Å²) in [6.07, 6.45) is 2.10. The number of hydrogen-bond acceptors (Lipinski definition) is 4. The minimum absolute atomic E-state index is 0.0398. The molecule has 1 aliphatic heterocycles. The van der Waals surface area contributed by atoms with Crippen LogP contribution in [-0.2, 0) is 10.0 Å². The van der Waals surface area contributed by atoms with E-state index in [2.05, 4.69) is 9.62 Å². The molecule has 27 heavy (non-hydrogen) atoms. The molecule has 146 valence electrons. The van der Waals surface area contributed by atoms with E-state index in [1.165, 1.54) is 11.6 Å². The number of rotatable bonds is 7. The molecule has 5 nitrogen and oxygen atoms in total. The fourth-order valence-corrected chi connectivity index (χ4v) is 4.64. The van der Waals surface area contributed by atoms with Crippen LogP contribution < -0.4 is 9.46 Å². The molecular weight excluding hydrogens is 391 g/mol. The van der Waals surface area contributed by atoms with Gasteiger partial charge in [0.05, 0.1) is 17.0 Å². The quantitative estimate of drug-likeness (QED) is 0.754. The van der Waals surface area contributed by atoms with Gasteiger partial charge in [-0.1, -0.05) is 23.7 Å². The molecule has 1 atom stereocenters. The highest BCUT2D eigenvalue weighted by Crippen LogP contribution is 2.32. The van der Waals surface area contributed by atoms with Gasteiger partial charge in [-0.05, 0) is 55.3 Å². The summed E-state index contributed by atoms with van der Waals surface area (Å²) in [5.74, 6) is 0.170. The number of methoxy groups -OCH3 is 1. The Morgan fingerprint density at radius 1 is 1.26 bits per heavy atom. The molecule has 8 heteroatoms. The molecule has 1 fully saturated rings. The van der Waals surface area contributed by atoms with Crippen molar-refractivity contribution in [3.63, 3.8) is 0 Å². The molecule has 2 aromatic carbocycles. The first-order chi connectivity index (χ1) is 12.9. The summed E-state index contributed by atoms with van der Waals surface area (Å²) < 4.78 is 45.7. The minimum atomic E-state index is -3.73. The predicted molar refractivity (Wildman–Crippen MR) is 103 cm³/mol. The molecule has 1 unspecified atom stereocenters. The number of benzene rings is 2. The molecule has 0 bridgehead atoms. The molecule has 0 aromatic heterocycles. The van der Waals surface area contributed by atoms with Crippen LogP contribution in [0.2, 0.25) is 5.02 Å². The molecule has 1 N–H and O–H groups in total. The third kappa shape index (κ3) is 4.79. The summed E-state index contributed by atoms with van der Waals surface area (Å²) in [7, 11) is -2.09. The van der Waals surface area contributed by atoms with Crippen LogP contribution in [0.5, 0.6) is 5.75 Å². The summed E-state index contributed by atoms with van der Waals surface area (Å²) in [5, 5.41) is -0.211. The SMILES string of the molecule is COc1ccc(C2CCCN2CCNS(=O)(=O)c2ccc(F)c(Cl)c2)cc1. The Bertz CT molecular complexity index is 890. The lowest BCUT2D eigenvalue weighted by molar-refractivity contribution is 0.261. The Labute approximate surface area is 164 Å². The second-order valence-electron chi connectivity index (χ2n) is 6.44. The van der Waals surface area contributed by atoms with Gasteiger partial charge in [-0.25, -0.2) is 17.5 Å². The number of likely N-dealkylation sites (tertiary alicyclic amines) is 1. The first-order valence-electron chi connectivity index (χ1n) is 8.73. The van der Waals surface area contributed by atoms with E-state index in [1.807, 2.05) is 24.3 Å². The zero-order valence-corrected chi connectivity index (χ0v) is 16.6. The lowest BCUT2D eigenvalue weighted by Gasteiger charge is -2.25. The molecule has 0 aliphatic carbocycles. The van der Waals surface area contributed by atoms with E-state index in [-0.39, 0.29) is 22.5 Å². The van der Waals surface area contributed by atoms with E-state index in [0.29, 0.717) is 6.54 Å². The van der Waals surface area contributed by atoms with Crippen LogP contribution in [0.4, 0.5) is 4.39 Å². The van der Waals surface area contributed by atoms with Gasteiger partial charge in [0.15, 0.2) is 0 Å². The van der Waals surface area contributed by atoms with Crippen molar-refractivity contribution in [2.75, 3.05) is 26.7 Å². The third-order valence-corrected chi connectivity index (χ3v) is 6.51. The lowest BCUT2D eigenvalue weighted by atomic mass is 10.0. The molecule has 0 spiro atoms. The zero-order valence-electron chi connectivity index (χ0n) is 15.0. The summed E-state index contributed by atoms with van der Waals surface area (Å²) in [6.45, 7) is 1.77. The van der Waals surface area contributed by atoms with E-state index in [4.69, 9.17) is 16.3 Å². The Kier molecular flexibility index (Phi) is 6.37. The van der Waals surface area contributed by atoms with Gasteiger partial charge in [-0.15, -0.1) is 0 Å². The van der Waals surface area contributed by atoms with Crippen LogP contribution in [-0.4, -0.2) is 40.1 Å². The van der Waals surface area contributed by atoms with E-state index in [0.717, 1.165) is 37.3 Å². The summed E-state index contributed by atoms with van der Waals surface area (Å²) in [4.78, 5) is 2.23. The average Bonchev–Trinajstić information content (AvgIpc) is 3.12. The number of nitrogens with one attached hydrogen (secondary N) is 1. The van der Waals surface area contributed by atoms with Crippen LogP contribution in [0.25, 0.3) is 0 Å². The van der Waals surface area contributed by atoms with Crippen molar-refractivity contribution in [3.8, 4) is 5.75 Å². The maximum atomic E-state index is 13.2. The summed E-state index contributed by atoms with van der Waals surface area (Å²) in [6, 6.07) is 11.6. The van der Waals surface area contributed by atoms with E-state index >= 15 is 0 Å². The number of hydrogen-bond donors (Lipinski definition) is 1. The first-order valence-corrected chi connectivity index (χ1v) is 10.6. The van der Waals surface area contributed by atoms with Crippen LogP contribution in [0, 0.1) is 5.82 Å². The number of nitrogens with zero attached hydrogens (tertiary/aromatic N) is 1. The third-order valence-electron chi connectivity index (χ3n) is 4.76. The molecule has 0 radical (unpaired) electrons. The highest BCUT2D eigenvalue weighted by atomic mass is 35.5. The monoisotopic (exact) mass is 412 g/mol. The predicted octanol–water partition coefficient (Wildman–Crippen LogP) is 3.60. The second kappa shape index (κ2) is 8.56. The average molecular weight is 413 g/mol. The lowest BCUT2D eigenvalue weighted by Crippen LogP contribution is -2.34. The van der Waals surface area contributed by atoms with Crippen molar-refractivity contribution in [2.24, 2.45) is 0 Å². The normalized spacial score (nSPS) is 18.0. The van der Waals surface area contributed by atoms with Crippen LogP contribution in [0.15, 0.2) is 47.4 Å². The van der Waals surface area contributed by atoms with Crippen molar-refractivity contribution in [1.29, 1.82) is 0 Å².